The maximum Gasteiger partial charge on any atom is 0.195 e. The molecule has 1 aliphatic rings. The average Bonchev–Trinajstić information content (AvgIpc) is 3.70. The third-order valence-corrected chi connectivity index (χ3v) is 13.3. The Morgan fingerprint density at radius 2 is 1.02 bits per heavy atom. The highest BCUT2D eigenvalue weighted by Gasteiger charge is 2.41. The fourth-order valence-corrected chi connectivity index (χ4v) is 10.7. The minimum absolute atomic E-state index is 0.104. The van der Waals surface area contributed by atoms with E-state index in [1.807, 2.05) is 6.07 Å². The summed E-state index contributed by atoms with van der Waals surface area (Å²) in [5.74, 6) is 0. The maximum atomic E-state index is 14.4. The molecular formula is C49H36N2OS. The zero-order valence-corrected chi connectivity index (χ0v) is 30.9. The number of hydrogen-bond acceptors (Lipinski definition) is 2. The molecule has 7 aromatic carbocycles. The van der Waals surface area contributed by atoms with E-state index < -0.39 is 0 Å². The lowest BCUT2D eigenvalue weighted by Crippen LogP contribution is -2.36. The molecule has 3 heterocycles. The molecule has 0 saturated heterocycles. The van der Waals surface area contributed by atoms with Crippen LogP contribution in [0.15, 0.2) is 150 Å². The summed E-state index contributed by atoms with van der Waals surface area (Å²) in [4.78, 5) is 14.4. The van der Waals surface area contributed by atoms with Gasteiger partial charge in [0, 0.05) is 63.9 Å². The summed E-state index contributed by atoms with van der Waals surface area (Å²) in [5.41, 5.74) is 11.8. The van der Waals surface area contributed by atoms with Gasteiger partial charge in [-0.3, -0.25) is 4.79 Å². The van der Waals surface area contributed by atoms with Crippen LogP contribution in [-0.2, 0) is 10.8 Å². The van der Waals surface area contributed by atoms with Gasteiger partial charge in [-0.25, -0.2) is 0 Å². The van der Waals surface area contributed by atoms with Crippen LogP contribution in [0.4, 0.5) is 0 Å². The van der Waals surface area contributed by atoms with Gasteiger partial charge in [-0.05, 0) is 82.9 Å². The lowest BCUT2D eigenvalue weighted by atomic mass is 9.60. The van der Waals surface area contributed by atoms with Gasteiger partial charge in [0.05, 0.1) is 22.1 Å². The summed E-state index contributed by atoms with van der Waals surface area (Å²) >= 11 is 1.73. The van der Waals surface area contributed by atoms with Crippen LogP contribution in [0.3, 0.4) is 0 Å². The Bertz CT molecular complexity index is 3250. The van der Waals surface area contributed by atoms with E-state index in [9.17, 15) is 4.79 Å². The van der Waals surface area contributed by atoms with E-state index in [0.717, 1.165) is 42.6 Å². The zero-order valence-electron chi connectivity index (χ0n) is 30.1. The number of hydrogen-bond donors (Lipinski definition) is 0. The highest BCUT2D eigenvalue weighted by molar-refractivity contribution is 7.24. The van der Waals surface area contributed by atoms with Crippen LogP contribution in [0.2, 0.25) is 0 Å². The van der Waals surface area contributed by atoms with Crippen LogP contribution in [0.25, 0.3) is 75.2 Å². The van der Waals surface area contributed by atoms with Crippen molar-refractivity contribution in [1.82, 2.24) is 9.13 Å². The van der Waals surface area contributed by atoms with Crippen molar-refractivity contribution in [3.63, 3.8) is 0 Å². The molecule has 0 spiro atoms. The van der Waals surface area contributed by atoms with Gasteiger partial charge in [-0.1, -0.05) is 113 Å². The summed E-state index contributed by atoms with van der Waals surface area (Å²) in [6.07, 6.45) is 0. The number of fused-ring (bicyclic) bond motifs is 11. The first-order valence-corrected chi connectivity index (χ1v) is 19.2. The van der Waals surface area contributed by atoms with Crippen molar-refractivity contribution in [2.45, 2.75) is 38.5 Å². The Balaban J connectivity index is 1.19. The number of rotatable bonds is 2. The van der Waals surface area contributed by atoms with Crippen LogP contribution >= 0.6 is 11.3 Å². The quantitative estimate of drug-likeness (QED) is 0.165. The molecule has 254 valence electrons. The van der Waals surface area contributed by atoms with Crippen molar-refractivity contribution in [3.05, 3.63) is 178 Å². The molecule has 0 atom stereocenters. The van der Waals surface area contributed by atoms with Gasteiger partial charge in [0.1, 0.15) is 0 Å². The molecule has 0 unspecified atom stereocenters. The predicted octanol–water partition coefficient (Wildman–Crippen LogP) is 12.6. The van der Waals surface area contributed by atoms with E-state index >= 15 is 0 Å². The van der Waals surface area contributed by atoms with Crippen LogP contribution in [0.1, 0.15) is 49.9 Å². The summed E-state index contributed by atoms with van der Waals surface area (Å²) in [7, 11) is 0. The van der Waals surface area contributed by atoms with Crippen molar-refractivity contribution in [1.29, 1.82) is 0 Å². The van der Waals surface area contributed by atoms with E-state index in [1.165, 1.54) is 54.8 Å². The Morgan fingerprint density at radius 1 is 0.434 bits per heavy atom. The standard InChI is InChI=1S/C49H36N2OS/c1-48(2)36-18-10-11-19-37(36)49(3,4)39-28-44-35(27-38(39)48)47(52)34-23-22-30(26-43(34)53-44)50-41-21-13-9-17-33(41)45-42(50)25-24-32-31-16-8-12-20-40(31)51(46(32)45)29-14-6-5-7-15-29/h5-28H,1-4H3. The average molecular weight is 701 g/mol. The molecule has 0 radical (unpaired) electrons. The third kappa shape index (κ3) is 4.02. The molecular weight excluding hydrogens is 665 g/mol. The van der Waals surface area contributed by atoms with E-state index in [2.05, 4.69) is 176 Å². The molecule has 1 aliphatic carbocycles. The highest BCUT2D eigenvalue weighted by atomic mass is 32.1. The summed E-state index contributed by atoms with van der Waals surface area (Å²) in [6.45, 7) is 9.24. The predicted molar refractivity (Wildman–Crippen MR) is 225 cm³/mol. The molecule has 0 aliphatic heterocycles. The second-order valence-corrected chi connectivity index (χ2v) is 16.8. The van der Waals surface area contributed by atoms with Gasteiger partial charge in [0.2, 0.25) is 0 Å². The van der Waals surface area contributed by atoms with Gasteiger partial charge in [0.25, 0.3) is 0 Å². The first kappa shape index (κ1) is 30.6. The molecule has 3 nitrogen and oxygen atoms in total. The van der Waals surface area contributed by atoms with Gasteiger partial charge < -0.3 is 9.13 Å². The first-order chi connectivity index (χ1) is 25.7. The normalized spacial score (nSPS) is 14.8. The summed E-state index contributed by atoms with van der Waals surface area (Å²) < 4.78 is 6.84. The highest BCUT2D eigenvalue weighted by Crippen LogP contribution is 2.51. The molecule has 0 N–H and O–H groups in total. The van der Waals surface area contributed by atoms with E-state index in [4.69, 9.17) is 0 Å². The molecule has 3 aromatic heterocycles. The lowest BCUT2D eigenvalue weighted by molar-refractivity contribution is 0.522. The van der Waals surface area contributed by atoms with E-state index in [1.54, 1.807) is 11.3 Å². The Hall–Kier alpha value is -5.97. The Kier molecular flexibility index (Phi) is 6.10. The van der Waals surface area contributed by atoms with Gasteiger partial charge in [-0.15, -0.1) is 11.3 Å². The molecule has 11 rings (SSSR count). The van der Waals surface area contributed by atoms with Crippen LogP contribution in [-0.4, -0.2) is 9.13 Å². The van der Waals surface area contributed by atoms with Crippen molar-refractivity contribution in [2.24, 2.45) is 0 Å². The largest absolute Gasteiger partial charge is 0.309 e. The molecule has 0 amide bonds. The number of para-hydroxylation sites is 3. The summed E-state index contributed by atoms with van der Waals surface area (Å²) in [6, 6.07) is 52.4. The third-order valence-electron chi connectivity index (χ3n) is 12.2. The fourth-order valence-electron chi connectivity index (χ4n) is 9.56. The number of nitrogens with zero attached hydrogens (tertiary/aromatic N) is 2. The van der Waals surface area contributed by atoms with Crippen molar-refractivity contribution >= 4 is 75.1 Å². The monoisotopic (exact) mass is 700 g/mol. The van der Waals surface area contributed by atoms with Crippen molar-refractivity contribution < 1.29 is 0 Å². The van der Waals surface area contributed by atoms with Gasteiger partial charge in [0.15, 0.2) is 5.43 Å². The van der Waals surface area contributed by atoms with Gasteiger partial charge in [-0.2, -0.15) is 0 Å². The smallest absolute Gasteiger partial charge is 0.195 e. The molecule has 4 heteroatoms. The topological polar surface area (TPSA) is 26.9 Å². The lowest BCUT2D eigenvalue weighted by Gasteiger charge is -2.44. The van der Waals surface area contributed by atoms with Crippen LogP contribution in [0.5, 0.6) is 0 Å². The molecule has 10 aromatic rings. The zero-order chi connectivity index (χ0) is 35.8. The van der Waals surface area contributed by atoms with Crippen molar-refractivity contribution in [2.75, 3.05) is 0 Å². The molecule has 0 fully saturated rings. The van der Waals surface area contributed by atoms with Crippen molar-refractivity contribution in [3.8, 4) is 11.4 Å². The molecule has 0 bridgehead atoms. The fraction of sp³-hybridized carbons (Fsp3) is 0.122. The Labute approximate surface area is 311 Å². The number of aromatic nitrogens is 2. The van der Waals surface area contributed by atoms with E-state index in [-0.39, 0.29) is 16.3 Å². The van der Waals surface area contributed by atoms with Crippen LogP contribution < -0.4 is 5.43 Å². The van der Waals surface area contributed by atoms with E-state index in [0.29, 0.717) is 0 Å². The Morgan fingerprint density at radius 3 is 1.75 bits per heavy atom. The second kappa shape index (κ2) is 10.6. The van der Waals surface area contributed by atoms with Crippen LogP contribution in [0, 0.1) is 0 Å². The maximum absolute atomic E-state index is 14.4. The second-order valence-electron chi connectivity index (χ2n) is 15.7. The number of benzene rings is 7. The SMILES string of the molecule is CC1(C)c2ccccc2C(C)(C)c2cc3c(=O)c4ccc(-n5c6ccccc6c6c5ccc5c7ccccc7n(-c7ccccc7)c56)cc4sc3cc21. The van der Waals surface area contributed by atoms with Gasteiger partial charge >= 0.3 is 0 Å². The molecule has 0 saturated carbocycles. The first-order valence-electron chi connectivity index (χ1n) is 18.4. The minimum Gasteiger partial charge on any atom is -0.309 e. The summed E-state index contributed by atoms with van der Waals surface area (Å²) in [5, 5.41) is 6.49. The molecule has 53 heavy (non-hydrogen) atoms. The minimum atomic E-state index is -0.209.